The summed E-state index contributed by atoms with van der Waals surface area (Å²) in [6.07, 6.45) is 6.45. The minimum Gasteiger partial charge on any atom is -0.368 e. The Morgan fingerprint density at radius 1 is 1.10 bits per heavy atom. The molecule has 0 aromatic carbocycles. The van der Waals surface area contributed by atoms with Crippen molar-refractivity contribution in [3.63, 3.8) is 0 Å². The van der Waals surface area contributed by atoms with Crippen LogP contribution in [0.4, 0.5) is 20.4 Å². The number of halogens is 2. The van der Waals surface area contributed by atoms with E-state index in [0.717, 1.165) is 44.1 Å². The fourth-order valence-corrected chi connectivity index (χ4v) is 2.84. The predicted octanol–water partition coefficient (Wildman–Crippen LogP) is 4.56. The van der Waals surface area contributed by atoms with E-state index in [1.165, 1.54) is 6.42 Å². The fraction of sp³-hybridized carbons (Fsp3) is 0.688. The van der Waals surface area contributed by atoms with E-state index in [9.17, 15) is 8.78 Å². The van der Waals surface area contributed by atoms with Crippen LogP contribution in [0.1, 0.15) is 52.4 Å². The van der Waals surface area contributed by atoms with Gasteiger partial charge in [-0.15, -0.1) is 0 Å². The number of nitrogens with one attached hydrogen (secondary N) is 2. The van der Waals surface area contributed by atoms with Crippen molar-refractivity contribution in [2.24, 2.45) is 5.92 Å². The smallest absolute Gasteiger partial charge is 0.168 e. The summed E-state index contributed by atoms with van der Waals surface area (Å²) in [5.41, 5.74) is 0. The summed E-state index contributed by atoms with van der Waals surface area (Å²) in [5, 5.41) is 6.04. The summed E-state index contributed by atoms with van der Waals surface area (Å²) < 4.78 is 27.5. The molecule has 1 fully saturated rings. The van der Waals surface area contributed by atoms with Crippen LogP contribution in [0.2, 0.25) is 0 Å². The number of aromatic nitrogens is 1. The highest BCUT2D eigenvalue weighted by molar-refractivity contribution is 5.48. The molecule has 0 saturated heterocycles. The van der Waals surface area contributed by atoms with E-state index >= 15 is 0 Å². The van der Waals surface area contributed by atoms with Crippen LogP contribution in [0.5, 0.6) is 0 Å². The third-order valence-electron chi connectivity index (χ3n) is 4.24. The molecule has 1 aromatic heterocycles. The molecule has 0 spiro atoms. The monoisotopic (exact) mass is 297 g/mol. The summed E-state index contributed by atoms with van der Waals surface area (Å²) in [4.78, 5) is 4.07. The molecule has 0 aliphatic heterocycles. The number of pyridine rings is 1. The number of rotatable bonds is 6. The molecule has 1 aromatic rings. The first-order valence-corrected chi connectivity index (χ1v) is 8.00. The Kier molecular flexibility index (Phi) is 5.76. The van der Waals surface area contributed by atoms with E-state index in [2.05, 4.69) is 22.5 Å². The first kappa shape index (κ1) is 16.0. The summed E-state index contributed by atoms with van der Waals surface area (Å²) in [7, 11) is 0. The lowest BCUT2D eigenvalue weighted by Gasteiger charge is -2.29. The van der Waals surface area contributed by atoms with Gasteiger partial charge < -0.3 is 10.6 Å². The topological polar surface area (TPSA) is 37.0 Å². The van der Waals surface area contributed by atoms with E-state index in [4.69, 9.17) is 0 Å². The van der Waals surface area contributed by atoms with Crippen LogP contribution in [0.3, 0.4) is 0 Å². The summed E-state index contributed by atoms with van der Waals surface area (Å²) in [6, 6.07) is 1.14. The number of anilines is 2. The van der Waals surface area contributed by atoms with Gasteiger partial charge in [-0.25, -0.2) is 13.8 Å². The zero-order valence-electron chi connectivity index (χ0n) is 12.9. The fourth-order valence-electron chi connectivity index (χ4n) is 2.84. The average Bonchev–Trinajstić information content (AvgIpc) is 2.49. The molecular formula is C16H25F2N3. The van der Waals surface area contributed by atoms with Crippen LogP contribution in [0.25, 0.3) is 0 Å². The molecule has 2 rings (SSSR count). The van der Waals surface area contributed by atoms with Gasteiger partial charge in [0, 0.05) is 18.7 Å². The maximum atomic E-state index is 13.9. The molecule has 0 unspecified atom stereocenters. The molecule has 118 valence electrons. The standard InChI is InChI=1S/C16H25F2N3/c1-3-9-19-15-13(17)10-14(18)16(21-15)20-12-7-5-11(4-2)6-8-12/h10-12H,3-9H2,1-2H3,(H2,19,20,21). The second-order valence-electron chi connectivity index (χ2n) is 5.85. The lowest BCUT2D eigenvalue weighted by Crippen LogP contribution is -2.27. The van der Waals surface area contributed by atoms with Crippen LogP contribution in [0.15, 0.2) is 6.07 Å². The Hall–Kier alpha value is -1.39. The first-order valence-electron chi connectivity index (χ1n) is 8.00. The van der Waals surface area contributed by atoms with Gasteiger partial charge in [-0.3, -0.25) is 0 Å². The highest BCUT2D eigenvalue weighted by atomic mass is 19.1. The highest BCUT2D eigenvalue weighted by Gasteiger charge is 2.21. The summed E-state index contributed by atoms with van der Waals surface area (Å²) >= 11 is 0. The van der Waals surface area contributed by atoms with E-state index in [-0.39, 0.29) is 17.7 Å². The van der Waals surface area contributed by atoms with Gasteiger partial charge in [-0.05, 0) is 38.0 Å². The summed E-state index contributed by atoms with van der Waals surface area (Å²) in [5.74, 6) is -0.179. The Bertz CT molecular complexity index is 457. The van der Waals surface area contributed by atoms with Gasteiger partial charge >= 0.3 is 0 Å². The molecule has 1 aliphatic rings. The van der Waals surface area contributed by atoms with Crippen molar-refractivity contribution in [3.05, 3.63) is 17.7 Å². The first-order chi connectivity index (χ1) is 10.1. The van der Waals surface area contributed by atoms with Gasteiger partial charge in [0.25, 0.3) is 0 Å². The van der Waals surface area contributed by atoms with Crippen molar-refractivity contribution >= 4 is 11.6 Å². The van der Waals surface area contributed by atoms with Crippen LogP contribution >= 0.6 is 0 Å². The molecule has 0 radical (unpaired) electrons. The minimum atomic E-state index is -0.638. The number of hydrogen-bond donors (Lipinski definition) is 2. The maximum absolute atomic E-state index is 13.9. The molecular weight excluding hydrogens is 272 g/mol. The van der Waals surface area contributed by atoms with E-state index in [1.807, 2.05) is 6.92 Å². The second-order valence-corrected chi connectivity index (χ2v) is 5.85. The summed E-state index contributed by atoms with van der Waals surface area (Å²) in [6.45, 7) is 4.82. The SMILES string of the molecule is CCCNc1nc(NC2CCC(CC)CC2)c(F)cc1F. The normalized spacial score (nSPS) is 22.1. The number of nitrogens with zero attached hydrogens (tertiary/aromatic N) is 1. The van der Waals surface area contributed by atoms with Gasteiger partial charge in [0.1, 0.15) is 0 Å². The molecule has 3 nitrogen and oxygen atoms in total. The number of hydrogen-bond acceptors (Lipinski definition) is 3. The van der Waals surface area contributed by atoms with Gasteiger partial charge in [0.2, 0.25) is 0 Å². The van der Waals surface area contributed by atoms with E-state index in [1.54, 1.807) is 0 Å². The Balaban J connectivity index is 2.02. The largest absolute Gasteiger partial charge is 0.368 e. The average molecular weight is 297 g/mol. The third-order valence-corrected chi connectivity index (χ3v) is 4.24. The second kappa shape index (κ2) is 7.57. The van der Waals surface area contributed by atoms with Gasteiger partial charge in [-0.1, -0.05) is 20.3 Å². The molecule has 0 atom stereocenters. The van der Waals surface area contributed by atoms with E-state index < -0.39 is 11.6 Å². The maximum Gasteiger partial charge on any atom is 0.168 e. The Morgan fingerprint density at radius 2 is 1.76 bits per heavy atom. The van der Waals surface area contributed by atoms with Crippen molar-refractivity contribution in [2.45, 2.75) is 58.4 Å². The molecule has 21 heavy (non-hydrogen) atoms. The minimum absolute atomic E-state index is 0.128. The quantitative estimate of drug-likeness (QED) is 0.808. The van der Waals surface area contributed by atoms with Crippen molar-refractivity contribution in [1.29, 1.82) is 0 Å². The molecule has 1 aliphatic carbocycles. The van der Waals surface area contributed by atoms with Crippen molar-refractivity contribution in [3.8, 4) is 0 Å². The third kappa shape index (κ3) is 4.29. The Morgan fingerprint density at radius 3 is 2.38 bits per heavy atom. The predicted molar refractivity (Wildman–Crippen MR) is 82.6 cm³/mol. The lowest BCUT2D eigenvalue weighted by atomic mass is 9.84. The van der Waals surface area contributed by atoms with E-state index in [0.29, 0.717) is 6.54 Å². The van der Waals surface area contributed by atoms with Gasteiger partial charge in [0.15, 0.2) is 23.3 Å². The Labute approximate surface area is 125 Å². The van der Waals surface area contributed by atoms with Crippen LogP contribution in [-0.4, -0.2) is 17.6 Å². The molecule has 5 heteroatoms. The highest BCUT2D eigenvalue weighted by Crippen LogP contribution is 2.29. The molecule has 1 heterocycles. The molecule has 2 N–H and O–H groups in total. The van der Waals surface area contributed by atoms with Gasteiger partial charge in [0.05, 0.1) is 0 Å². The van der Waals surface area contributed by atoms with Crippen molar-refractivity contribution < 1.29 is 8.78 Å². The molecule has 0 amide bonds. The molecule has 0 bridgehead atoms. The van der Waals surface area contributed by atoms with Crippen LogP contribution in [-0.2, 0) is 0 Å². The van der Waals surface area contributed by atoms with Crippen molar-refractivity contribution in [2.75, 3.05) is 17.2 Å². The zero-order chi connectivity index (χ0) is 15.2. The molecule has 1 saturated carbocycles. The van der Waals surface area contributed by atoms with Crippen molar-refractivity contribution in [1.82, 2.24) is 4.98 Å². The van der Waals surface area contributed by atoms with Gasteiger partial charge in [-0.2, -0.15) is 0 Å². The van der Waals surface area contributed by atoms with Crippen LogP contribution < -0.4 is 10.6 Å². The van der Waals surface area contributed by atoms with Crippen LogP contribution in [0, 0.1) is 17.6 Å². The lowest BCUT2D eigenvalue weighted by molar-refractivity contribution is 0.329. The zero-order valence-corrected chi connectivity index (χ0v) is 12.9.